The topological polar surface area (TPSA) is 29.3 Å². The third-order valence-electron chi connectivity index (χ3n) is 4.13. The van der Waals surface area contributed by atoms with Gasteiger partial charge >= 0.3 is 0 Å². The quantitative estimate of drug-likeness (QED) is 0.811. The van der Waals surface area contributed by atoms with Crippen LogP contribution < -0.4 is 5.73 Å². The Labute approximate surface area is 121 Å². The molecule has 1 heterocycles. The van der Waals surface area contributed by atoms with Crippen molar-refractivity contribution in [2.24, 2.45) is 5.73 Å². The Hall–Kier alpha value is -0.510. The molecule has 0 aliphatic carbocycles. The summed E-state index contributed by atoms with van der Waals surface area (Å²) in [5, 5.41) is 0. The minimum absolute atomic E-state index is 0.571. The summed E-state index contributed by atoms with van der Waals surface area (Å²) in [4.78, 5) is 2.61. The maximum atomic E-state index is 5.99. The summed E-state index contributed by atoms with van der Waals surface area (Å²) in [6.45, 7) is 3.13. The van der Waals surface area contributed by atoms with Crippen LogP contribution in [0.4, 0.5) is 0 Å². The molecule has 3 heteroatoms. The van der Waals surface area contributed by atoms with Crippen LogP contribution in [0.2, 0.25) is 0 Å². The van der Waals surface area contributed by atoms with Crippen LogP contribution in [0, 0.1) is 0 Å². The van der Waals surface area contributed by atoms with Crippen molar-refractivity contribution in [2.45, 2.75) is 31.7 Å². The summed E-state index contributed by atoms with van der Waals surface area (Å²) in [5.41, 5.74) is 9.06. The minimum Gasteiger partial charge on any atom is -0.329 e. The van der Waals surface area contributed by atoms with E-state index < -0.39 is 0 Å². The van der Waals surface area contributed by atoms with Crippen LogP contribution >= 0.6 is 11.8 Å². The summed E-state index contributed by atoms with van der Waals surface area (Å²) in [6.07, 6.45) is 7.06. The van der Waals surface area contributed by atoms with Gasteiger partial charge in [0, 0.05) is 25.7 Å². The van der Waals surface area contributed by atoms with Gasteiger partial charge in [0.25, 0.3) is 0 Å². The molecule has 2 rings (SSSR count). The first kappa shape index (κ1) is 14.9. The molecule has 0 bridgehead atoms. The summed E-state index contributed by atoms with van der Waals surface area (Å²) < 4.78 is 0. The Morgan fingerprint density at radius 2 is 1.84 bits per heavy atom. The van der Waals surface area contributed by atoms with Crippen molar-refractivity contribution in [3.63, 3.8) is 0 Å². The lowest BCUT2D eigenvalue weighted by atomic mass is 10.0. The molecule has 0 aromatic heterocycles. The van der Waals surface area contributed by atoms with Crippen LogP contribution in [0.25, 0.3) is 0 Å². The molecular formula is C16H26N2S. The van der Waals surface area contributed by atoms with Crippen LogP contribution in [0.15, 0.2) is 24.3 Å². The standard InChI is InChI=1S/C16H26N2S/c1-19-12-4-7-16(13-17)18-10-8-14-5-2-3-6-15(14)9-11-18/h2-3,5-6,16H,4,7-13,17H2,1H3. The fourth-order valence-electron chi connectivity index (χ4n) is 2.96. The molecule has 2 N–H and O–H groups in total. The molecule has 106 valence electrons. The molecule has 19 heavy (non-hydrogen) atoms. The molecule has 0 fully saturated rings. The van der Waals surface area contributed by atoms with Crippen LogP contribution in [0.5, 0.6) is 0 Å². The number of fused-ring (bicyclic) bond motifs is 1. The Morgan fingerprint density at radius 1 is 1.21 bits per heavy atom. The van der Waals surface area contributed by atoms with E-state index in [1.807, 2.05) is 11.8 Å². The van der Waals surface area contributed by atoms with E-state index in [9.17, 15) is 0 Å². The summed E-state index contributed by atoms with van der Waals surface area (Å²) in [7, 11) is 0. The second-order valence-electron chi connectivity index (χ2n) is 5.33. The molecule has 0 amide bonds. The lowest BCUT2D eigenvalue weighted by Gasteiger charge is -2.29. The highest BCUT2D eigenvalue weighted by Gasteiger charge is 2.19. The zero-order valence-corrected chi connectivity index (χ0v) is 12.8. The number of hydrogen-bond donors (Lipinski definition) is 1. The molecule has 1 aliphatic rings. The maximum absolute atomic E-state index is 5.99. The van der Waals surface area contributed by atoms with Gasteiger partial charge < -0.3 is 5.73 Å². The average molecular weight is 278 g/mol. The number of thioether (sulfide) groups is 1. The van der Waals surface area contributed by atoms with Crippen molar-refractivity contribution < 1.29 is 0 Å². The zero-order chi connectivity index (χ0) is 13.5. The van der Waals surface area contributed by atoms with Crippen molar-refractivity contribution in [3.8, 4) is 0 Å². The fourth-order valence-corrected chi connectivity index (χ4v) is 3.42. The lowest BCUT2D eigenvalue weighted by Crippen LogP contribution is -2.42. The third-order valence-corrected chi connectivity index (χ3v) is 4.83. The lowest BCUT2D eigenvalue weighted by molar-refractivity contribution is 0.199. The average Bonchev–Trinajstić information content (AvgIpc) is 2.66. The predicted octanol–water partition coefficient (Wildman–Crippen LogP) is 2.56. The largest absolute Gasteiger partial charge is 0.329 e. The van der Waals surface area contributed by atoms with E-state index in [4.69, 9.17) is 5.73 Å². The van der Waals surface area contributed by atoms with Gasteiger partial charge in [-0.05, 0) is 48.8 Å². The first-order valence-electron chi connectivity index (χ1n) is 7.35. The maximum Gasteiger partial charge on any atom is 0.0218 e. The second kappa shape index (κ2) is 7.93. The van der Waals surface area contributed by atoms with Gasteiger partial charge in [-0.15, -0.1) is 0 Å². The Bertz CT molecular complexity index is 354. The summed E-state index contributed by atoms with van der Waals surface area (Å²) in [6, 6.07) is 9.45. The molecule has 1 aliphatic heterocycles. The fraction of sp³-hybridized carbons (Fsp3) is 0.625. The van der Waals surface area contributed by atoms with E-state index in [-0.39, 0.29) is 0 Å². The van der Waals surface area contributed by atoms with Crippen LogP contribution in [-0.4, -0.2) is 42.6 Å². The molecule has 1 atom stereocenters. The van der Waals surface area contributed by atoms with Gasteiger partial charge in [-0.25, -0.2) is 0 Å². The zero-order valence-electron chi connectivity index (χ0n) is 12.0. The Kier molecular flexibility index (Phi) is 6.21. The molecule has 0 spiro atoms. The number of hydrogen-bond acceptors (Lipinski definition) is 3. The molecule has 0 saturated heterocycles. The predicted molar refractivity (Wildman–Crippen MR) is 85.9 cm³/mol. The van der Waals surface area contributed by atoms with E-state index in [0.29, 0.717) is 6.04 Å². The molecular weight excluding hydrogens is 252 g/mol. The van der Waals surface area contributed by atoms with Gasteiger partial charge in [0.2, 0.25) is 0 Å². The van der Waals surface area contributed by atoms with E-state index >= 15 is 0 Å². The first-order valence-corrected chi connectivity index (χ1v) is 8.74. The number of rotatable bonds is 6. The number of nitrogens with two attached hydrogens (primary N) is 1. The van der Waals surface area contributed by atoms with Crippen molar-refractivity contribution in [1.82, 2.24) is 4.90 Å². The summed E-state index contributed by atoms with van der Waals surface area (Å²) in [5.74, 6) is 1.25. The van der Waals surface area contributed by atoms with Crippen LogP contribution in [0.3, 0.4) is 0 Å². The molecule has 1 aromatic carbocycles. The minimum atomic E-state index is 0.571. The molecule has 0 saturated carbocycles. The van der Waals surface area contributed by atoms with Crippen LogP contribution in [0.1, 0.15) is 24.0 Å². The van der Waals surface area contributed by atoms with Gasteiger partial charge in [0.15, 0.2) is 0 Å². The van der Waals surface area contributed by atoms with Gasteiger partial charge in [-0.3, -0.25) is 4.90 Å². The SMILES string of the molecule is CSCCCC(CN)N1CCc2ccccc2CC1. The summed E-state index contributed by atoms with van der Waals surface area (Å²) >= 11 is 1.94. The molecule has 1 unspecified atom stereocenters. The Balaban J connectivity index is 1.92. The van der Waals surface area contributed by atoms with E-state index in [1.165, 1.54) is 42.6 Å². The molecule has 0 radical (unpaired) electrons. The van der Waals surface area contributed by atoms with E-state index in [1.54, 1.807) is 0 Å². The second-order valence-corrected chi connectivity index (χ2v) is 6.31. The Morgan fingerprint density at radius 3 is 2.37 bits per heavy atom. The molecule has 1 aromatic rings. The van der Waals surface area contributed by atoms with Gasteiger partial charge in [-0.1, -0.05) is 24.3 Å². The van der Waals surface area contributed by atoms with Gasteiger partial charge in [-0.2, -0.15) is 11.8 Å². The van der Waals surface area contributed by atoms with Crippen LogP contribution in [-0.2, 0) is 12.8 Å². The highest BCUT2D eigenvalue weighted by atomic mass is 32.2. The number of benzene rings is 1. The third kappa shape index (κ3) is 4.23. The van der Waals surface area contributed by atoms with Crippen molar-refractivity contribution in [1.29, 1.82) is 0 Å². The van der Waals surface area contributed by atoms with E-state index in [2.05, 4.69) is 35.4 Å². The van der Waals surface area contributed by atoms with Gasteiger partial charge in [0.05, 0.1) is 0 Å². The number of nitrogens with zero attached hydrogens (tertiary/aromatic N) is 1. The monoisotopic (exact) mass is 278 g/mol. The molecule has 2 nitrogen and oxygen atoms in total. The van der Waals surface area contributed by atoms with E-state index in [0.717, 1.165) is 19.6 Å². The van der Waals surface area contributed by atoms with Gasteiger partial charge in [0.1, 0.15) is 0 Å². The highest BCUT2D eigenvalue weighted by molar-refractivity contribution is 7.98. The van der Waals surface area contributed by atoms with Crippen molar-refractivity contribution in [2.75, 3.05) is 31.6 Å². The van der Waals surface area contributed by atoms with Crippen molar-refractivity contribution >= 4 is 11.8 Å². The highest BCUT2D eigenvalue weighted by Crippen LogP contribution is 2.18. The smallest absolute Gasteiger partial charge is 0.0218 e. The first-order chi connectivity index (χ1) is 9.35. The normalized spacial score (nSPS) is 17.8. The van der Waals surface area contributed by atoms with Crippen molar-refractivity contribution in [3.05, 3.63) is 35.4 Å².